The third kappa shape index (κ3) is 8.90. The van der Waals surface area contributed by atoms with Crippen molar-refractivity contribution in [1.82, 2.24) is 9.80 Å². The van der Waals surface area contributed by atoms with E-state index in [-0.39, 0.29) is 49.3 Å². The summed E-state index contributed by atoms with van der Waals surface area (Å²) in [7, 11) is 0. The average Bonchev–Trinajstić information content (AvgIpc) is 3.89. The number of anilines is 2. The van der Waals surface area contributed by atoms with Crippen molar-refractivity contribution in [1.29, 1.82) is 0 Å². The molecule has 0 aliphatic carbocycles. The van der Waals surface area contributed by atoms with Crippen molar-refractivity contribution in [3.8, 4) is 44.9 Å². The van der Waals surface area contributed by atoms with Crippen molar-refractivity contribution in [3.63, 3.8) is 0 Å². The van der Waals surface area contributed by atoms with Crippen molar-refractivity contribution in [2.45, 2.75) is 90.5 Å². The molecule has 0 unspecified atom stereocenters. The number of ether oxygens (including phenoxy) is 4. The van der Waals surface area contributed by atoms with Crippen LogP contribution in [0.4, 0.5) is 21.0 Å². The van der Waals surface area contributed by atoms with Crippen molar-refractivity contribution < 1.29 is 38.1 Å². The van der Waals surface area contributed by atoms with Crippen molar-refractivity contribution in [2.24, 2.45) is 0 Å². The number of amides is 4. The van der Waals surface area contributed by atoms with Crippen LogP contribution in [0.1, 0.15) is 67.2 Å². The number of likely N-dealkylation sites (tertiary alicyclic amines) is 2. The number of benzene rings is 4. The lowest BCUT2D eigenvalue weighted by molar-refractivity contribution is -0.122. The summed E-state index contributed by atoms with van der Waals surface area (Å²) in [5, 5.41) is 0.980. The minimum atomic E-state index is -0.620. The van der Waals surface area contributed by atoms with Gasteiger partial charge in [-0.2, -0.15) is 0 Å². The summed E-state index contributed by atoms with van der Waals surface area (Å²) in [4.78, 5) is 59.4. The normalized spacial score (nSPS) is 18.9. The summed E-state index contributed by atoms with van der Waals surface area (Å²) in [5.74, 6) is 0.735. The van der Waals surface area contributed by atoms with E-state index in [0.717, 1.165) is 59.1 Å². The van der Waals surface area contributed by atoms with Crippen LogP contribution < -0.4 is 19.3 Å². The molecular weight excluding hydrogens is 831 g/mol. The molecule has 0 N–H and O–H groups in total. The zero-order chi connectivity index (χ0) is 44.1. The standard InChI is InChI=1S/C48H52Cl2N4O8/c1-47(2,3)61-45(57)51-21-9-11-31(51)25-53-37-19-17-29(23-39(37)59-27-41(53)55)33-13-7-15-35(43(33)49)36-16-8-14-34(44(36)50)30-18-20-38-40(24-30)60-28-42(56)54(38)26-32-12-10-22-52(32)46(58)62-48(4,5)6/h7-8,13-20,23-24,31-32H,9-12,21-22,25-28H2,1-6H3/t31-,32-/m0/s1. The van der Waals surface area contributed by atoms with E-state index in [4.69, 9.17) is 42.1 Å². The van der Waals surface area contributed by atoms with Crippen LogP contribution in [0.5, 0.6) is 11.5 Å². The molecule has 2 atom stereocenters. The van der Waals surface area contributed by atoms with Crippen LogP contribution in [0, 0.1) is 0 Å². The lowest BCUT2D eigenvalue weighted by Crippen LogP contribution is -2.49. The van der Waals surface area contributed by atoms with Gasteiger partial charge in [0.25, 0.3) is 11.8 Å². The molecule has 4 aliphatic rings. The first-order valence-electron chi connectivity index (χ1n) is 21.2. The molecule has 0 aromatic heterocycles. The molecule has 0 spiro atoms. The number of hydrogen-bond acceptors (Lipinski definition) is 8. The molecule has 0 radical (unpaired) electrons. The third-order valence-electron chi connectivity index (χ3n) is 11.5. The van der Waals surface area contributed by atoms with Gasteiger partial charge in [0.2, 0.25) is 0 Å². The minimum absolute atomic E-state index is 0.124. The number of carbonyl (C=O) groups is 4. The predicted molar refractivity (Wildman–Crippen MR) is 240 cm³/mol. The molecule has 4 aromatic carbocycles. The van der Waals surface area contributed by atoms with Crippen molar-refractivity contribution in [3.05, 3.63) is 82.8 Å². The molecule has 4 aliphatic heterocycles. The van der Waals surface area contributed by atoms with Gasteiger partial charge in [0.05, 0.1) is 33.5 Å². The second-order valence-electron chi connectivity index (χ2n) is 18.2. The summed E-state index contributed by atoms with van der Waals surface area (Å²) < 4.78 is 23.3. The van der Waals surface area contributed by atoms with Gasteiger partial charge in [-0.1, -0.05) is 71.7 Å². The number of fused-ring (bicyclic) bond motifs is 2. The Bertz CT molecular complexity index is 2260. The second-order valence-corrected chi connectivity index (χ2v) is 19.0. The smallest absolute Gasteiger partial charge is 0.410 e. The molecular formula is C48H52Cl2N4O8. The molecule has 2 fully saturated rings. The van der Waals surface area contributed by atoms with Crippen molar-refractivity contribution in [2.75, 3.05) is 49.2 Å². The number of carbonyl (C=O) groups excluding carboxylic acids is 4. The maximum Gasteiger partial charge on any atom is 0.410 e. The highest BCUT2D eigenvalue weighted by atomic mass is 35.5. The van der Waals surface area contributed by atoms with E-state index in [9.17, 15) is 19.2 Å². The molecule has 0 saturated carbocycles. The van der Waals surface area contributed by atoms with E-state index >= 15 is 0 Å². The Kier molecular flexibility index (Phi) is 11.9. The fourth-order valence-electron chi connectivity index (χ4n) is 8.66. The van der Waals surface area contributed by atoms with Gasteiger partial charge in [-0.15, -0.1) is 0 Å². The Hall–Kier alpha value is -5.46. The van der Waals surface area contributed by atoms with E-state index in [2.05, 4.69) is 0 Å². The average molecular weight is 884 g/mol. The molecule has 8 rings (SSSR count). The molecule has 12 nitrogen and oxygen atoms in total. The molecule has 2 saturated heterocycles. The summed E-state index contributed by atoms with van der Waals surface area (Å²) in [6.07, 6.45) is 2.45. The fraction of sp³-hybridized carbons (Fsp3) is 0.417. The maximum atomic E-state index is 13.2. The lowest BCUT2D eigenvalue weighted by atomic mass is 9.95. The zero-order valence-corrected chi connectivity index (χ0v) is 37.5. The lowest BCUT2D eigenvalue weighted by Gasteiger charge is -2.35. The predicted octanol–water partition coefficient (Wildman–Crippen LogP) is 10.2. The maximum absolute atomic E-state index is 13.2. The highest BCUT2D eigenvalue weighted by Gasteiger charge is 2.38. The topological polar surface area (TPSA) is 118 Å². The number of nitrogens with zero attached hydrogens (tertiary/aromatic N) is 4. The minimum Gasteiger partial charge on any atom is -0.482 e. The Morgan fingerprint density at radius 2 is 1.00 bits per heavy atom. The van der Waals surface area contributed by atoms with E-state index in [1.54, 1.807) is 19.6 Å². The Morgan fingerprint density at radius 3 is 1.39 bits per heavy atom. The van der Waals surface area contributed by atoms with Crippen LogP contribution in [0.2, 0.25) is 10.0 Å². The van der Waals surface area contributed by atoms with Crippen LogP contribution >= 0.6 is 23.2 Å². The fourth-order valence-corrected chi connectivity index (χ4v) is 9.34. The van der Waals surface area contributed by atoms with E-state index in [1.165, 1.54) is 0 Å². The van der Waals surface area contributed by atoms with Gasteiger partial charge >= 0.3 is 12.2 Å². The van der Waals surface area contributed by atoms with Gasteiger partial charge in [0.1, 0.15) is 22.7 Å². The Balaban J connectivity index is 1.03. The molecule has 14 heteroatoms. The van der Waals surface area contributed by atoms with Crippen molar-refractivity contribution >= 4 is 58.6 Å². The van der Waals surface area contributed by atoms with E-state index in [1.807, 2.05) is 114 Å². The molecule has 0 bridgehead atoms. The SMILES string of the molecule is CC(C)(C)OC(=O)N1CCC[C@H]1CN1C(=O)COc2cc(-c3cccc(-c4cccc(-c5ccc6c(c5)OCC(=O)N6C[C@@H]5CCCN5C(=O)OC(C)(C)C)c4Cl)c3Cl)ccc21. The largest absolute Gasteiger partial charge is 0.482 e. The number of hydrogen-bond donors (Lipinski definition) is 0. The van der Waals surface area contributed by atoms with Gasteiger partial charge < -0.3 is 38.5 Å². The molecule has 62 heavy (non-hydrogen) atoms. The summed E-state index contributed by atoms with van der Waals surface area (Å²) >= 11 is 14.5. The first kappa shape index (κ1) is 43.2. The number of rotatable bonds is 7. The van der Waals surface area contributed by atoms with Crippen LogP contribution in [-0.4, -0.2) is 96.5 Å². The third-order valence-corrected chi connectivity index (χ3v) is 12.3. The van der Waals surface area contributed by atoms with Crippen LogP contribution in [-0.2, 0) is 19.1 Å². The quantitative estimate of drug-likeness (QED) is 0.180. The van der Waals surface area contributed by atoms with Gasteiger partial charge in [-0.25, -0.2) is 9.59 Å². The zero-order valence-electron chi connectivity index (χ0n) is 36.0. The number of halogens is 2. The molecule has 4 amide bonds. The van der Waals surface area contributed by atoms with Crippen LogP contribution in [0.3, 0.4) is 0 Å². The Labute approximate surface area is 372 Å². The van der Waals surface area contributed by atoms with Gasteiger partial charge in [0.15, 0.2) is 13.2 Å². The summed E-state index contributed by atoms with van der Waals surface area (Å²) in [5.41, 5.74) is 4.59. The van der Waals surface area contributed by atoms with Gasteiger partial charge in [0, 0.05) is 48.4 Å². The summed E-state index contributed by atoms with van der Waals surface area (Å²) in [6.45, 7) is 12.6. The first-order chi connectivity index (χ1) is 29.5. The summed E-state index contributed by atoms with van der Waals surface area (Å²) in [6, 6.07) is 22.5. The second kappa shape index (κ2) is 17.0. The highest BCUT2D eigenvalue weighted by Crippen LogP contribution is 2.46. The van der Waals surface area contributed by atoms with Crippen LogP contribution in [0.25, 0.3) is 33.4 Å². The van der Waals surface area contributed by atoms with E-state index < -0.39 is 11.2 Å². The van der Waals surface area contributed by atoms with Gasteiger partial charge in [-0.05, 0) is 103 Å². The molecule has 326 valence electrons. The highest BCUT2D eigenvalue weighted by molar-refractivity contribution is 6.39. The Morgan fingerprint density at radius 1 is 0.613 bits per heavy atom. The van der Waals surface area contributed by atoms with Crippen LogP contribution in [0.15, 0.2) is 72.8 Å². The van der Waals surface area contributed by atoms with Gasteiger partial charge in [-0.3, -0.25) is 9.59 Å². The monoisotopic (exact) mass is 882 g/mol. The van der Waals surface area contributed by atoms with E-state index in [0.29, 0.717) is 59.1 Å². The first-order valence-corrected chi connectivity index (χ1v) is 21.9. The molecule has 4 heterocycles. The molecule has 4 aromatic rings.